The third-order valence-electron chi connectivity index (χ3n) is 4.07. The molecule has 4 nitrogen and oxygen atoms in total. The Balaban J connectivity index is 1.66. The van der Waals surface area contributed by atoms with Gasteiger partial charge in [-0.15, -0.1) is 0 Å². The van der Waals surface area contributed by atoms with E-state index in [9.17, 15) is 4.79 Å². The molecule has 0 aromatic heterocycles. The second-order valence-electron chi connectivity index (χ2n) is 5.57. The van der Waals surface area contributed by atoms with E-state index in [-0.39, 0.29) is 11.6 Å². The smallest absolute Gasteiger partial charge is 0.240 e. The zero-order valence-corrected chi connectivity index (χ0v) is 9.87. The number of hydrogen-bond donors (Lipinski definition) is 1. The molecule has 2 atom stereocenters. The first kappa shape index (κ1) is 10.5. The molecule has 2 aliphatic heterocycles. The lowest BCUT2D eigenvalue weighted by Gasteiger charge is -2.34. The van der Waals surface area contributed by atoms with Crippen molar-refractivity contribution >= 4 is 5.91 Å². The van der Waals surface area contributed by atoms with Gasteiger partial charge in [-0.25, -0.2) is 0 Å². The van der Waals surface area contributed by atoms with Crippen LogP contribution in [-0.2, 0) is 9.53 Å². The summed E-state index contributed by atoms with van der Waals surface area (Å²) in [6.07, 6.45) is 4.42. The van der Waals surface area contributed by atoms with Crippen LogP contribution in [0.5, 0.6) is 0 Å². The normalized spacial score (nSPS) is 39.7. The first-order valence-corrected chi connectivity index (χ1v) is 6.34. The van der Waals surface area contributed by atoms with Crippen LogP contribution in [0.3, 0.4) is 0 Å². The Morgan fingerprint density at radius 1 is 1.44 bits per heavy atom. The standard InChI is InChI=1S/C12H20N2O2/c1-12(5-7-16-8-12)14-6-4-10(11(14)15)13-9-2-3-9/h9-10,13H,2-8H2,1H3. The number of nitrogens with one attached hydrogen (secondary N) is 1. The van der Waals surface area contributed by atoms with Gasteiger partial charge in [0.25, 0.3) is 0 Å². The van der Waals surface area contributed by atoms with Gasteiger partial charge in [0.15, 0.2) is 0 Å². The number of ether oxygens (including phenoxy) is 1. The van der Waals surface area contributed by atoms with Gasteiger partial charge in [0.05, 0.1) is 18.2 Å². The molecule has 3 aliphatic rings. The Hall–Kier alpha value is -0.610. The molecular weight excluding hydrogens is 204 g/mol. The van der Waals surface area contributed by atoms with Crippen LogP contribution in [-0.4, -0.2) is 48.2 Å². The summed E-state index contributed by atoms with van der Waals surface area (Å²) in [5.41, 5.74) is -0.0446. The van der Waals surface area contributed by atoms with Crippen LogP contribution in [0, 0.1) is 0 Å². The van der Waals surface area contributed by atoms with Crippen molar-refractivity contribution in [3.05, 3.63) is 0 Å². The minimum atomic E-state index is -0.0446. The molecule has 2 unspecified atom stereocenters. The van der Waals surface area contributed by atoms with Crippen molar-refractivity contribution in [3.8, 4) is 0 Å². The maximum Gasteiger partial charge on any atom is 0.240 e. The number of nitrogens with zero attached hydrogens (tertiary/aromatic N) is 1. The summed E-state index contributed by atoms with van der Waals surface area (Å²) in [5, 5.41) is 3.44. The molecule has 4 heteroatoms. The predicted octanol–water partition coefficient (Wildman–Crippen LogP) is 0.518. The summed E-state index contributed by atoms with van der Waals surface area (Å²) >= 11 is 0. The Morgan fingerprint density at radius 3 is 2.88 bits per heavy atom. The van der Waals surface area contributed by atoms with Crippen molar-refractivity contribution in [3.63, 3.8) is 0 Å². The van der Waals surface area contributed by atoms with E-state index in [1.165, 1.54) is 12.8 Å². The molecule has 0 spiro atoms. The fourth-order valence-corrected chi connectivity index (χ4v) is 2.77. The Morgan fingerprint density at radius 2 is 2.25 bits per heavy atom. The zero-order valence-electron chi connectivity index (χ0n) is 9.87. The van der Waals surface area contributed by atoms with Gasteiger partial charge in [0.2, 0.25) is 5.91 Å². The average molecular weight is 224 g/mol. The fourth-order valence-electron chi connectivity index (χ4n) is 2.77. The number of amides is 1. The van der Waals surface area contributed by atoms with E-state index in [1.54, 1.807) is 0 Å². The van der Waals surface area contributed by atoms with E-state index < -0.39 is 0 Å². The molecule has 1 saturated carbocycles. The summed E-state index contributed by atoms with van der Waals surface area (Å²) in [6.45, 7) is 4.54. The van der Waals surface area contributed by atoms with Crippen molar-refractivity contribution < 1.29 is 9.53 Å². The maximum atomic E-state index is 12.3. The molecule has 90 valence electrons. The Kier molecular flexibility index (Phi) is 2.44. The summed E-state index contributed by atoms with van der Waals surface area (Å²) in [4.78, 5) is 14.3. The largest absolute Gasteiger partial charge is 0.379 e. The molecule has 3 fully saturated rings. The topological polar surface area (TPSA) is 41.6 Å². The van der Waals surface area contributed by atoms with Gasteiger partial charge >= 0.3 is 0 Å². The van der Waals surface area contributed by atoms with Crippen LogP contribution in [0.4, 0.5) is 0 Å². The number of carbonyl (C=O) groups is 1. The average Bonchev–Trinajstić information content (AvgIpc) is 2.85. The van der Waals surface area contributed by atoms with Crippen LogP contribution in [0.2, 0.25) is 0 Å². The third-order valence-corrected chi connectivity index (χ3v) is 4.07. The molecular formula is C12H20N2O2. The molecule has 1 aliphatic carbocycles. The summed E-state index contributed by atoms with van der Waals surface area (Å²) in [7, 11) is 0. The molecule has 0 radical (unpaired) electrons. The molecule has 3 rings (SSSR count). The van der Waals surface area contributed by atoms with E-state index in [4.69, 9.17) is 4.74 Å². The SMILES string of the molecule is CC1(N2CCC(NC3CC3)C2=O)CCOC1. The highest BCUT2D eigenvalue weighted by Crippen LogP contribution is 2.31. The number of rotatable bonds is 3. The van der Waals surface area contributed by atoms with Gasteiger partial charge < -0.3 is 15.0 Å². The number of hydrogen-bond acceptors (Lipinski definition) is 3. The molecule has 1 N–H and O–H groups in total. The van der Waals surface area contributed by atoms with Gasteiger partial charge in [-0.05, 0) is 32.6 Å². The van der Waals surface area contributed by atoms with E-state index in [1.807, 2.05) is 4.90 Å². The summed E-state index contributed by atoms with van der Waals surface area (Å²) in [6, 6.07) is 0.687. The van der Waals surface area contributed by atoms with Crippen LogP contribution in [0.15, 0.2) is 0 Å². The highest BCUT2D eigenvalue weighted by atomic mass is 16.5. The highest BCUT2D eigenvalue weighted by Gasteiger charge is 2.45. The van der Waals surface area contributed by atoms with Gasteiger partial charge in [-0.3, -0.25) is 4.79 Å². The van der Waals surface area contributed by atoms with Gasteiger partial charge in [0, 0.05) is 19.2 Å². The number of carbonyl (C=O) groups excluding carboxylic acids is 1. The van der Waals surface area contributed by atoms with Crippen molar-refractivity contribution in [1.82, 2.24) is 10.2 Å². The lowest BCUT2D eigenvalue weighted by molar-refractivity contribution is -0.134. The van der Waals surface area contributed by atoms with Crippen LogP contribution >= 0.6 is 0 Å². The van der Waals surface area contributed by atoms with E-state index in [2.05, 4.69) is 12.2 Å². The minimum absolute atomic E-state index is 0.0446. The molecule has 0 aromatic rings. The summed E-state index contributed by atoms with van der Waals surface area (Å²) < 4.78 is 5.44. The van der Waals surface area contributed by atoms with Crippen LogP contribution < -0.4 is 5.32 Å². The van der Waals surface area contributed by atoms with Crippen molar-refractivity contribution in [2.24, 2.45) is 0 Å². The maximum absolute atomic E-state index is 12.3. The van der Waals surface area contributed by atoms with Crippen molar-refractivity contribution in [2.45, 2.75) is 50.2 Å². The van der Waals surface area contributed by atoms with Gasteiger partial charge in [-0.1, -0.05) is 0 Å². The fraction of sp³-hybridized carbons (Fsp3) is 0.917. The number of likely N-dealkylation sites (tertiary alicyclic amines) is 1. The van der Waals surface area contributed by atoms with E-state index >= 15 is 0 Å². The minimum Gasteiger partial charge on any atom is -0.379 e. The molecule has 2 heterocycles. The third kappa shape index (κ3) is 1.74. The Labute approximate surface area is 96.3 Å². The van der Waals surface area contributed by atoms with E-state index in [0.717, 1.165) is 26.0 Å². The van der Waals surface area contributed by atoms with Gasteiger partial charge in [0.1, 0.15) is 0 Å². The van der Waals surface area contributed by atoms with Gasteiger partial charge in [-0.2, -0.15) is 0 Å². The Bertz CT molecular complexity index is 295. The highest BCUT2D eigenvalue weighted by molar-refractivity contribution is 5.84. The van der Waals surface area contributed by atoms with Crippen LogP contribution in [0.25, 0.3) is 0 Å². The molecule has 16 heavy (non-hydrogen) atoms. The quantitative estimate of drug-likeness (QED) is 0.760. The van der Waals surface area contributed by atoms with Crippen LogP contribution in [0.1, 0.15) is 32.6 Å². The molecule has 2 saturated heterocycles. The lowest BCUT2D eigenvalue weighted by atomic mass is 10.00. The van der Waals surface area contributed by atoms with Crippen molar-refractivity contribution in [1.29, 1.82) is 0 Å². The first-order valence-electron chi connectivity index (χ1n) is 6.34. The molecule has 0 bridgehead atoms. The molecule has 0 aromatic carbocycles. The zero-order chi connectivity index (χ0) is 11.2. The first-order chi connectivity index (χ1) is 7.69. The second-order valence-corrected chi connectivity index (χ2v) is 5.57. The lowest BCUT2D eigenvalue weighted by Crippen LogP contribution is -2.50. The second kappa shape index (κ2) is 3.70. The molecule has 1 amide bonds. The monoisotopic (exact) mass is 224 g/mol. The van der Waals surface area contributed by atoms with Crippen molar-refractivity contribution in [2.75, 3.05) is 19.8 Å². The predicted molar refractivity (Wildman–Crippen MR) is 60.1 cm³/mol. The van der Waals surface area contributed by atoms with E-state index in [0.29, 0.717) is 18.6 Å². The summed E-state index contributed by atoms with van der Waals surface area (Å²) in [5.74, 6) is 0.292.